The summed E-state index contributed by atoms with van der Waals surface area (Å²) in [5.41, 5.74) is 3.76. The van der Waals surface area contributed by atoms with Crippen molar-refractivity contribution >= 4 is 5.69 Å². The van der Waals surface area contributed by atoms with Crippen molar-refractivity contribution in [3.8, 4) is 0 Å². The fourth-order valence-corrected chi connectivity index (χ4v) is 2.62. The number of halogens is 1. The van der Waals surface area contributed by atoms with Gasteiger partial charge in [-0.25, -0.2) is 4.39 Å². The van der Waals surface area contributed by atoms with Gasteiger partial charge in [0.05, 0.1) is 6.61 Å². The highest BCUT2D eigenvalue weighted by molar-refractivity contribution is 5.47. The first kappa shape index (κ1) is 17.4. The predicted molar refractivity (Wildman–Crippen MR) is 92.9 cm³/mol. The lowest BCUT2D eigenvalue weighted by Crippen LogP contribution is -2.21. The SMILES string of the molecule is CCN(CC)c1ccc(CNCc2ccc(F)c(CO)c2)cc1. The van der Waals surface area contributed by atoms with Crippen LogP contribution in [0.2, 0.25) is 0 Å². The molecule has 0 radical (unpaired) electrons. The molecule has 0 aromatic heterocycles. The van der Waals surface area contributed by atoms with E-state index in [0.29, 0.717) is 12.1 Å². The van der Waals surface area contributed by atoms with Crippen molar-refractivity contribution < 1.29 is 9.50 Å². The van der Waals surface area contributed by atoms with Crippen molar-refractivity contribution in [1.29, 1.82) is 0 Å². The lowest BCUT2D eigenvalue weighted by Gasteiger charge is -2.21. The molecule has 0 saturated carbocycles. The molecule has 0 aliphatic carbocycles. The van der Waals surface area contributed by atoms with Crippen LogP contribution in [0.3, 0.4) is 0 Å². The highest BCUT2D eigenvalue weighted by Gasteiger charge is 2.03. The van der Waals surface area contributed by atoms with Crippen LogP contribution in [0.15, 0.2) is 42.5 Å². The topological polar surface area (TPSA) is 35.5 Å². The molecule has 0 aliphatic rings. The Morgan fingerprint density at radius 1 is 0.957 bits per heavy atom. The van der Waals surface area contributed by atoms with Gasteiger partial charge in [-0.15, -0.1) is 0 Å². The molecule has 23 heavy (non-hydrogen) atoms. The van der Waals surface area contributed by atoms with E-state index >= 15 is 0 Å². The molecular weight excluding hydrogens is 291 g/mol. The molecule has 2 aromatic rings. The van der Waals surface area contributed by atoms with Gasteiger partial charge >= 0.3 is 0 Å². The summed E-state index contributed by atoms with van der Waals surface area (Å²) in [7, 11) is 0. The first-order chi connectivity index (χ1) is 11.2. The van der Waals surface area contributed by atoms with Gasteiger partial charge in [0.1, 0.15) is 5.82 Å². The number of nitrogens with one attached hydrogen (secondary N) is 1. The van der Waals surface area contributed by atoms with Crippen molar-refractivity contribution in [2.75, 3.05) is 18.0 Å². The number of benzene rings is 2. The molecule has 0 unspecified atom stereocenters. The Hall–Kier alpha value is -1.91. The van der Waals surface area contributed by atoms with Crippen molar-refractivity contribution in [1.82, 2.24) is 5.32 Å². The molecule has 0 fully saturated rings. The second-order valence-electron chi connectivity index (χ2n) is 5.53. The molecule has 0 aliphatic heterocycles. The van der Waals surface area contributed by atoms with Gasteiger partial charge in [-0.3, -0.25) is 0 Å². The van der Waals surface area contributed by atoms with E-state index in [1.54, 1.807) is 12.1 Å². The van der Waals surface area contributed by atoms with Crippen molar-refractivity contribution in [3.63, 3.8) is 0 Å². The minimum absolute atomic E-state index is 0.271. The van der Waals surface area contributed by atoms with E-state index in [9.17, 15) is 4.39 Å². The van der Waals surface area contributed by atoms with Crippen LogP contribution in [-0.4, -0.2) is 18.2 Å². The zero-order valence-electron chi connectivity index (χ0n) is 13.8. The lowest BCUT2D eigenvalue weighted by molar-refractivity contribution is 0.275. The summed E-state index contributed by atoms with van der Waals surface area (Å²) in [6.07, 6.45) is 0. The zero-order chi connectivity index (χ0) is 16.7. The maximum Gasteiger partial charge on any atom is 0.128 e. The lowest BCUT2D eigenvalue weighted by atomic mass is 10.1. The number of rotatable bonds is 8. The fourth-order valence-electron chi connectivity index (χ4n) is 2.62. The van der Waals surface area contributed by atoms with E-state index in [4.69, 9.17) is 5.11 Å². The molecule has 0 saturated heterocycles. The van der Waals surface area contributed by atoms with Gasteiger partial charge in [0.15, 0.2) is 0 Å². The van der Waals surface area contributed by atoms with Crippen LogP contribution in [0.1, 0.15) is 30.5 Å². The molecule has 3 nitrogen and oxygen atoms in total. The van der Waals surface area contributed by atoms with E-state index < -0.39 is 0 Å². The van der Waals surface area contributed by atoms with Gasteiger partial charge in [-0.2, -0.15) is 0 Å². The van der Waals surface area contributed by atoms with Crippen LogP contribution in [0.5, 0.6) is 0 Å². The Balaban J connectivity index is 1.89. The van der Waals surface area contributed by atoms with E-state index in [1.807, 2.05) is 0 Å². The average molecular weight is 316 g/mol. The Bertz CT molecular complexity index is 609. The van der Waals surface area contributed by atoms with Gasteiger partial charge < -0.3 is 15.3 Å². The third-order valence-electron chi connectivity index (χ3n) is 4.00. The Morgan fingerprint density at radius 2 is 1.57 bits per heavy atom. The predicted octanol–water partition coefficient (Wildman–Crippen LogP) is 3.45. The molecule has 2 aromatic carbocycles. The maximum absolute atomic E-state index is 13.3. The number of aliphatic hydroxyl groups excluding tert-OH is 1. The van der Waals surface area contributed by atoms with Gasteiger partial charge in [0.2, 0.25) is 0 Å². The molecule has 4 heteroatoms. The molecule has 0 amide bonds. The minimum Gasteiger partial charge on any atom is -0.392 e. The van der Waals surface area contributed by atoms with Crippen LogP contribution >= 0.6 is 0 Å². The summed E-state index contributed by atoms with van der Waals surface area (Å²) in [5, 5.41) is 12.4. The molecule has 0 spiro atoms. The highest BCUT2D eigenvalue weighted by atomic mass is 19.1. The van der Waals surface area contributed by atoms with Crippen LogP contribution < -0.4 is 10.2 Å². The average Bonchev–Trinajstić information content (AvgIpc) is 2.59. The molecule has 0 atom stereocenters. The first-order valence-corrected chi connectivity index (χ1v) is 8.10. The second-order valence-corrected chi connectivity index (χ2v) is 5.53. The van der Waals surface area contributed by atoms with E-state index in [-0.39, 0.29) is 12.4 Å². The third-order valence-corrected chi connectivity index (χ3v) is 4.00. The van der Waals surface area contributed by atoms with Crippen LogP contribution in [0, 0.1) is 5.82 Å². The Labute approximate surface area is 137 Å². The largest absolute Gasteiger partial charge is 0.392 e. The standard InChI is InChI=1S/C19H25FN2O/c1-3-22(4-2)18-8-5-15(6-9-18)12-21-13-16-7-10-19(20)17(11-16)14-23/h5-11,21,23H,3-4,12-14H2,1-2H3. The number of aliphatic hydroxyl groups is 1. The maximum atomic E-state index is 13.3. The molecular formula is C19H25FN2O. The summed E-state index contributed by atoms with van der Waals surface area (Å²) >= 11 is 0. The molecule has 124 valence electrons. The first-order valence-electron chi connectivity index (χ1n) is 8.10. The molecule has 2 N–H and O–H groups in total. The Kier molecular flexibility index (Phi) is 6.56. The Morgan fingerprint density at radius 3 is 2.17 bits per heavy atom. The van der Waals surface area contributed by atoms with Crippen molar-refractivity contribution in [2.45, 2.75) is 33.5 Å². The third kappa shape index (κ3) is 4.78. The number of anilines is 1. The van der Waals surface area contributed by atoms with Crippen LogP contribution in [0.25, 0.3) is 0 Å². The minimum atomic E-state index is -0.358. The fraction of sp³-hybridized carbons (Fsp3) is 0.368. The number of hydrogen-bond donors (Lipinski definition) is 2. The van der Waals surface area contributed by atoms with Crippen LogP contribution in [0.4, 0.5) is 10.1 Å². The summed E-state index contributed by atoms with van der Waals surface area (Å²) in [5.74, 6) is -0.358. The van der Waals surface area contributed by atoms with E-state index in [1.165, 1.54) is 17.3 Å². The molecule has 0 heterocycles. The smallest absolute Gasteiger partial charge is 0.128 e. The summed E-state index contributed by atoms with van der Waals surface area (Å²) in [4.78, 5) is 2.31. The molecule has 2 rings (SSSR count). The van der Waals surface area contributed by atoms with Gasteiger partial charge in [-0.05, 0) is 49.2 Å². The van der Waals surface area contributed by atoms with Crippen molar-refractivity contribution in [2.24, 2.45) is 0 Å². The van der Waals surface area contributed by atoms with Crippen LogP contribution in [-0.2, 0) is 19.7 Å². The highest BCUT2D eigenvalue weighted by Crippen LogP contribution is 2.15. The normalized spacial score (nSPS) is 10.8. The van der Waals surface area contributed by atoms with Crippen molar-refractivity contribution in [3.05, 3.63) is 65.0 Å². The number of nitrogens with zero attached hydrogens (tertiary/aromatic N) is 1. The quantitative estimate of drug-likeness (QED) is 0.783. The zero-order valence-corrected chi connectivity index (χ0v) is 13.8. The summed E-state index contributed by atoms with van der Waals surface area (Å²) in [6, 6.07) is 13.4. The molecule has 0 bridgehead atoms. The van der Waals surface area contributed by atoms with E-state index in [2.05, 4.69) is 48.3 Å². The second kappa shape index (κ2) is 8.65. The van der Waals surface area contributed by atoms with E-state index in [0.717, 1.165) is 25.2 Å². The summed E-state index contributed by atoms with van der Waals surface area (Å²) < 4.78 is 13.3. The van der Waals surface area contributed by atoms with Gasteiger partial charge in [0, 0.05) is 37.4 Å². The summed E-state index contributed by atoms with van der Waals surface area (Å²) in [6.45, 7) is 7.45. The van der Waals surface area contributed by atoms with Gasteiger partial charge in [0.25, 0.3) is 0 Å². The van der Waals surface area contributed by atoms with Gasteiger partial charge in [-0.1, -0.05) is 18.2 Å². The monoisotopic (exact) mass is 316 g/mol. The number of hydrogen-bond acceptors (Lipinski definition) is 3.